The average molecular weight is 345 g/mol. The molecule has 4 rings (SSSR count). The van der Waals surface area contributed by atoms with Gasteiger partial charge in [-0.1, -0.05) is 17.4 Å². The van der Waals surface area contributed by atoms with Gasteiger partial charge in [-0.15, -0.1) is 10.2 Å². The number of anilines is 1. The molecular formula is C17H23N5OS. The molecule has 0 saturated carbocycles. The Kier molecular flexibility index (Phi) is 4.73. The van der Waals surface area contributed by atoms with Crippen molar-refractivity contribution in [3.8, 4) is 0 Å². The van der Waals surface area contributed by atoms with Gasteiger partial charge >= 0.3 is 0 Å². The van der Waals surface area contributed by atoms with Crippen LogP contribution in [0.15, 0.2) is 29.9 Å². The van der Waals surface area contributed by atoms with Crippen LogP contribution >= 0.6 is 11.3 Å². The Bertz CT molecular complexity index is 638. The minimum atomic E-state index is 0.176. The Hall–Kier alpha value is -1.57. The second-order valence-electron chi connectivity index (χ2n) is 6.83. The molecule has 128 valence electrons. The summed E-state index contributed by atoms with van der Waals surface area (Å²) in [5.74, 6) is 0. The Morgan fingerprint density at radius 3 is 3.08 bits per heavy atom. The highest BCUT2D eigenvalue weighted by Gasteiger charge is 2.39. The van der Waals surface area contributed by atoms with Gasteiger partial charge in [0, 0.05) is 37.8 Å². The Labute approximate surface area is 146 Å². The van der Waals surface area contributed by atoms with E-state index in [1.54, 1.807) is 11.3 Å². The van der Waals surface area contributed by atoms with Crippen LogP contribution in [0, 0.1) is 5.41 Å². The first kappa shape index (κ1) is 15.9. The molecule has 2 aliphatic heterocycles. The molecule has 0 amide bonds. The van der Waals surface area contributed by atoms with E-state index in [1.807, 2.05) is 17.8 Å². The van der Waals surface area contributed by atoms with Gasteiger partial charge in [-0.2, -0.15) is 0 Å². The van der Waals surface area contributed by atoms with Crippen molar-refractivity contribution < 1.29 is 4.74 Å². The molecule has 6 nitrogen and oxygen atoms in total. The summed E-state index contributed by atoms with van der Waals surface area (Å²) < 4.78 is 5.99. The molecule has 0 unspecified atom stereocenters. The van der Waals surface area contributed by atoms with E-state index < -0.39 is 0 Å². The van der Waals surface area contributed by atoms with Crippen LogP contribution in [-0.4, -0.2) is 59.5 Å². The largest absolute Gasteiger partial charge is 0.379 e. The fraction of sp³-hybridized carbons (Fsp3) is 0.588. The molecule has 0 bridgehead atoms. The first-order chi connectivity index (χ1) is 11.8. The minimum absolute atomic E-state index is 0.176. The van der Waals surface area contributed by atoms with Crippen LogP contribution in [-0.2, 0) is 11.3 Å². The van der Waals surface area contributed by atoms with E-state index in [0.29, 0.717) is 0 Å². The van der Waals surface area contributed by atoms with Gasteiger partial charge in [-0.05, 0) is 31.5 Å². The number of hydrogen-bond donors (Lipinski definition) is 0. The fourth-order valence-electron chi connectivity index (χ4n) is 3.87. The highest BCUT2D eigenvalue weighted by atomic mass is 32.1. The summed E-state index contributed by atoms with van der Waals surface area (Å²) in [4.78, 5) is 9.36. The Balaban J connectivity index is 1.48. The quantitative estimate of drug-likeness (QED) is 0.849. The van der Waals surface area contributed by atoms with Gasteiger partial charge in [0.2, 0.25) is 5.13 Å². The molecule has 4 heterocycles. The molecule has 2 aromatic heterocycles. The van der Waals surface area contributed by atoms with Crippen LogP contribution in [0.25, 0.3) is 0 Å². The fourth-order valence-corrected chi connectivity index (χ4v) is 4.46. The lowest BCUT2D eigenvalue weighted by Gasteiger charge is -2.43. The number of likely N-dealkylation sites (tertiary alicyclic amines) is 1. The summed E-state index contributed by atoms with van der Waals surface area (Å²) in [5, 5.41) is 9.28. The van der Waals surface area contributed by atoms with Gasteiger partial charge in [0.25, 0.3) is 0 Å². The monoisotopic (exact) mass is 345 g/mol. The number of pyridine rings is 1. The highest BCUT2D eigenvalue weighted by molar-refractivity contribution is 7.13. The average Bonchev–Trinajstić information content (AvgIpc) is 3.07. The maximum atomic E-state index is 5.99. The predicted molar refractivity (Wildman–Crippen MR) is 94.1 cm³/mol. The van der Waals surface area contributed by atoms with Crippen molar-refractivity contribution in [3.05, 3.63) is 35.6 Å². The number of rotatable bonds is 3. The van der Waals surface area contributed by atoms with Crippen molar-refractivity contribution in [1.29, 1.82) is 0 Å². The number of aromatic nitrogens is 3. The summed E-state index contributed by atoms with van der Waals surface area (Å²) in [6.07, 6.45) is 4.29. The summed E-state index contributed by atoms with van der Waals surface area (Å²) in [5.41, 5.74) is 3.13. The number of nitrogens with zero attached hydrogens (tertiary/aromatic N) is 5. The van der Waals surface area contributed by atoms with Gasteiger partial charge in [0.05, 0.1) is 18.9 Å². The van der Waals surface area contributed by atoms with E-state index in [9.17, 15) is 0 Å². The van der Waals surface area contributed by atoms with Crippen molar-refractivity contribution in [2.24, 2.45) is 5.41 Å². The lowest BCUT2D eigenvalue weighted by atomic mass is 9.80. The second-order valence-corrected chi connectivity index (χ2v) is 7.64. The molecule has 7 heteroatoms. The SMILES string of the molecule is c1ccc(CN2CCC[C@@]3(COCCN(c4nncs4)C3)C2)nc1. The summed E-state index contributed by atoms with van der Waals surface area (Å²) in [7, 11) is 0. The van der Waals surface area contributed by atoms with Crippen molar-refractivity contribution >= 4 is 16.5 Å². The van der Waals surface area contributed by atoms with Crippen molar-refractivity contribution in [3.63, 3.8) is 0 Å². The van der Waals surface area contributed by atoms with E-state index in [1.165, 1.54) is 12.8 Å². The molecule has 2 aromatic rings. The minimum Gasteiger partial charge on any atom is -0.379 e. The van der Waals surface area contributed by atoms with E-state index in [0.717, 1.165) is 56.8 Å². The third-order valence-electron chi connectivity index (χ3n) is 4.91. The lowest BCUT2D eigenvalue weighted by molar-refractivity contribution is 0.0103. The summed E-state index contributed by atoms with van der Waals surface area (Å²) in [6, 6.07) is 6.15. The van der Waals surface area contributed by atoms with Gasteiger partial charge in [-0.3, -0.25) is 9.88 Å². The van der Waals surface area contributed by atoms with Gasteiger partial charge in [-0.25, -0.2) is 0 Å². The van der Waals surface area contributed by atoms with Crippen LogP contribution in [0.3, 0.4) is 0 Å². The Morgan fingerprint density at radius 1 is 1.25 bits per heavy atom. The van der Waals surface area contributed by atoms with Gasteiger partial charge < -0.3 is 9.64 Å². The number of hydrogen-bond acceptors (Lipinski definition) is 7. The summed E-state index contributed by atoms with van der Waals surface area (Å²) >= 11 is 1.61. The van der Waals surface area contributed by atoms with E-state index in [-0.39, 0.29) is 5.41 Å². The zero-order chi connectivity index (χ0) is 16.2. The molecule has 0 N–H and O–H groups in total. The first-order valence-electron chi connectivity index (χ1n) is 8.54. The molecule has 0 aliphatic carbocycles. The maximum absolute atomic E-state index is 5.99. The van der Waals surface area contributed by atoms with Crippen LogP contribution in [0.4, 0.5) is 5.13 Å². The predicted octanol–water partition coefficient (Wildman–Crippen LogP) is 2.05. The molecule has 24 heavy (non-hydrogen) atoms. The topological polar surface area (TPSA) is 54.4 Å². The van der Waals surface area contributed by atoms with E-state index >= 15 is 0 Å². The van der Waals surface area contributed by atoms with Gasteiger partial charge in [0.15, 0.2) is 0 Å². The Morgan fingerprint density at radius 2 is 2.25 bits per heavy atom. The van der Waals surface area contributed by atoms with Crippen molar-refractivity contribution in [2.45, 2.75) is 19.4 Å². The van der Waals surface area contributed by atoms with Crippen molar-refractivity contribution in [1.82, 2.24) is 20.1 Å². The molecule has 2 saturated heterocycles. The molecule has 1 atom stereocenters. The molecule has 2 aliphatic rings. The number of piperidine rings is 1. The second kappa shape index (κ2) is 7.13. The molecule has 2 fully saturated rings. The maximum Gasteiger partial charge on any atom is 0.208 e. The lowest BCUT2D eigenvalue weighted by Crippen LogP contribution is -2.50. The van der Waals surface area contributed by atoms with E-state index in [2.05, 4.69) is 37.1 Å². The summed E-state index contributed by atoms with van der Waals surface area (Å²) in [6.45, 7) is 6.61. The van der Waals surface area contributed by atoms with Crippen LogP contribution in [0.1, 0.15) is 18.5 Å². The van der Waals surface area contributed by atoms with Crippen LogP contribution in [0.5, 0.6) is 0 Å². The molecule has 0 radical (unpaired) electrons. The number of ether oxygens (including phenoxy) is 1. The third-order valence-corrected chi connectivity index (χ3v) is 5.66. The first-order valence-corrected chi connectivity index (χ1v) is 9.42. The zero-order valence-electron chi connectivity index (χ0n) is 13.8. The zero-order valence-corrected chi connectivity index (χ0v) is 14.6. The smallest absolute Gasteiger partial charge is 0.208 e. The standard InChI is InChI=1S/C17H23N5OS/c1-2-6-18-15(4-1)10-21-7-3-5-17(11-21)12-22(8-9-23-13-17)16-20-19-14-24-16/h1-2,4,6,14H,3,5,7-13H2/t17-/m1/s1. The highest BCUT2D eigenvalue weighted by Crippen LogP contribution is 2.35. The molecule has 0 aromatic carbocycles. The van der Waals surface area contributed by atoms with Gasteiger partial charge in [0.1, 0.15) is 5.51 Å². The van der Waals surface area contributed by atoms with Crippen LogP contribution < -0.4 is 4.90 Å². The van der Waals surface area contributed by atoms with E-state index in [4.69, 9.17) is 4.74 Å². The van der Waals surface area contributed by atoms with Crippen LogP contribution in [0.2, 0.25) is 0 Å². The molecular weight excluding hydrogens is 322 g/mol. The van der Waals surface area contributed by atoms with Crippen molar-refractivity contribution in [2.75, 3.05) is 44.3 Å². The normalized spacial score (nSPS) is 25.8. The molecule has 1 spiro atoms. The third kappa shape index (κ3) is 3.58.